The van der Waals surface area contributed by atoms with E-state index >= 15 is 0 Å². The molecule has 6 heteroatoms. The maximum Gasteiger partial charge on any atom is 0.305 e. The number of esters is 1. The second-order valence-corrected chi connectivity index (χ2v) is 16.1. The maximum atomic E-state index is 12.4. The molecule has 2 unspecified atom stereocenters. The molecule has 0 aliphatic heterocycles. The number of hydrogen-bond donors (Lipinski definition) is 3. The van der Waals surface area contributed by atoms with Crippen LogP contribution in [0.1, 0.15) is 245 Å². The quantitative estimate of drug-likeness (QED) is 0.0327. The first kappa shape index (κ1) is 52.3. The van der Waals surface area contributed by atoms with Gasteiger partial charge in [0.15, 0.2) is 0 Å². The highest BCUT2D eigenvalue weighted by molar-refractivity contribution is 5.76. The van der Waals surface area contributed by atoms with Crippen LogP contribution in [0, 0.1) is 0 Å². The molecule has 0 saturated carbocycles. The third-order valence-electron chi connectivity index (χ3n) is 10.8. The van der Waals surface area contributed by atoms with Gasteiger partial charge in [-0.1, -0.05) is 212 Å². The van der Waals surface area contributed by atoms with E-state index < -0.39 is 12.1 Å². The number of unbranched alkanes of at least 4 members (excludes halogenated alkanes) is 28. The van der Waals surface area contributed by atoms with Crippen molar-refractivity contribution in [1.82, 2.24) is 5.32 Å². The zero-order valence-corrected chi connectivity index (χ0v) is 36.0. The number of ether oxygens (including phenoxy) is 1. The molecule has 6 nitrogen and oxygen atoms in total. The molecule has 0 aliphatic rings. The SMILES string of the molecule is CCCCCCCCCCCCCCC(=O)OCCCCCCCC/C=C\C/C=C\CCC(=O)NC(CO)C(O)CCCCCCCCCCCCCC. The van der Waals surface area contributed by atoms with E-state index in [1.165, 1.54) is 154 Å². The summed E-state index contributed by atoms with van der Waals surface area (Å²) in [6, 6.07) is -0.583. The van der Waals surface area contributed by atoms with Gasteiger partial charge in [0.25, 0.3) is 0 Å². The van der Waals surface area contributed by atoms with E-state index in [9.17, 15) is 19.8 Å². The fourth-order valence-corrected chi connectivity index (χ4v) is 7.10. The zero-order valence-electron chi connectivity index (χ0n) is 36.0. The van der Waals surface area contributed by atoms with Crippen molar-refractivity contribution < 1.29 is 24.5 Å². The topological polar surface area (TPSA) is 95.9 Å². The van der Waals surface area contributed by atoms with Crippen LogP contribution in [0.4, 0.5) is 0 Å². The van der Waals surface area contributed by atoms with Crippen LogP contribution < -0.4 is 5.32 Å². The van der Waals surface area contributed by atoms with Crippen molar-refractivity contribution in [2.24, 2.45) is 0 Å². The number of nitrogens with one attached hydrogen (secondary N) is 1. The highest BCUT2D eigenvalue weighted by Gasteiger charge is 2.19. The summed E-state index contributed by atoms with van der Waals surface area (Å²) < 4.78 is 5.43. The Morgan fingerprint density at radius 3 is 1.44 bits per heavy atom. The molecule has 0 aromatic heterocycles. The smallest absolute Gasteiger partial charge is 0.305 e. The number of rotatable bonds is 43. The Kier molecular flexibility index (Phi) is 42.7. The van der Waals surface area contributed by atoms with Crippen LogP contribution in [0.15, 0.2) is 24.3 Å². The minimum absolute atomic E-state index is 0.0169. The van der Waals surface area contributed by atoms with Crippen molar-refractivity contribution in [3.8, 4) is 0 Å². The first-order chi connectivity index (χ1) is 26.5. The highest BCUT2D eigenvalue weighted by atomic mass is 16.5. The van der Waals surface area contributed by atoms with Crippen molar-refractivity contribution in [3.05, 3.63) is 24.3 Å². The molecule has 1 amide bonds. The van der Waals surface area contributed by atoms with E-state index in [0.29, 0.717) is 32.3 Å². The van der Waals surface area contributed by atoms with Gasteiger partial charge in [0, 0.05) is 12.8 Å². The number of aliphatic hydroxyl groups is 2. The molecule has 3 N–H and O–H groups in total. The van der Waals surface area contributed by atoms with E-state index in [1.54, 1.807) is 0 Å². The Labute approximate surface area is 335 Å². The third kappa shape index (κ3) is 40.0. The summed E-state index contributed by atoms with van der Waals surface area (Å²) in [5.41, 5.74) is 0. The Morgan fingerprint density at radius 2 is 0.944 bits per heavy atom. The maximum absolute atomic E-state index is 12.4. The molecule has 0 radical (unpaired) electrons. The third-order valence-corrected chi connectivity index (χ3v) is 10.8. The summed E-state index contributed by atoms with van der Waals surface area (Å²) in [6.07, 6.45) is 50.0. The molecular formula is C48H91NO5. The Bertz CT molecular complexity index is 843. The monoisotopic (exact) mass is 762 g/mol. The summed E-state index contributed by atoms with van der Waals surface area (Å²) in [5, 5.41) is 23.0. The summed E-state index contributed by atoms with van der Waals surface area (Å²) >= 11 is 0. The first-order valence-electron chi connectivity index (χ1n) is 23.6. The standard InChI is InChI=1S/C48H91NO5/c1-3-5-7-9-11-13-15-20-24-28-32-36-40-46(51)45(44-50)49-47(52)41-37-33-29-25-21-18-17-19-23-27-31-35-39-43-54-48(53)42-38-34-30-26-22-16-14-12-10-8-6-4-2/h18,21,29,33,45-46,50-51H,3-17,19-20,22-28,30-32,34-44H2,1-2H3,(H,49,52)/b21-18-,33-29-. The van der Waals surface area contributed by atoms with Gasteiger partial charge in [-0.05, 0) is 44.9 Å². The molecule has 318 valence electrons. The molecule has 0 bridgehead atoms. The Morgan fingerprint density at radius 1 is 0.519 bits per heavy atom. The van der Waals surface area contributed by atoms with Crippen LogP contribution in [0.2, 0.25) is 0 Å². The molecular weight excluding hydrogens is 671 g/mol. The minimum Gasteiger partial charge on any atom is -0.466 e. The highest BCUT2D eigenvalue weighted by Crippen LogP contribution is 2.15. The van der Waals surface area contributed by atoms with Gasteiger partial charge < -0.3 is 20.3 Å². The van der Waals surface area contributed by atoms with Gasteiger partial charge >= 0.3 is 5.97 Å². The molecule has 0 rings (SSSR count). The van der Waals surface area contributed by atoms with Gasteiger partial charge in [-0.2, -0.15) is 0 Å². The number of aliphatic hydroxyl groups excluding tert-OH is 2. The van der Waals surface area contributed by atoms with Crippen LogP contribution >= 0.6 is 0 Å². The molecule has 0 fully saturated rings. The number of allylic oxidation sites excluding steroid dienone is 4. The molecule has 0 spiro atoms. The summed E-state index contributed by atoms with van der Waals surface area (Å²) in [4.78, 5) is 24.3. The molecule has 54 heavy (non-hydrogen) atoms. The summed E-state index contributed by atoms with van der Waals surface area (Å²) in [6.45, 7) is 4.87. The average Bonchev–Trinajstić information content (AvgIpc) is 3.17. The normalized spacial score (nSPS) is 12.9. The summed E-state index contributed by atoms with van der Waals surface area (Å²) in [7, 11) is 0. The van der Waals surface area contributed by atoms with E-state index in [-0.39, 0.29) is 18.5 Å². The van der Waals surface area contributed by atoms with Crippen LogP contribution in [0.3, 0.4) is 0 Å². The van der Waals surface area contributed by atoms with Crippen molar-refractivity contribution in [3.63, 3.8) is 0 Å². The van der Waals surface area contributed by atoms with Crippen LogP contribution in [0.25, 0.3) is 0 Å². The molecule has 0 aromatic rings. The number of amides is 1. The van der Waals surface area contributed by atoms with Gasteiger partial charge in [-0.3, -0.25) is 9.59 Å². The molecule has 0 aliphatic carbocycles. The second-order valence-electron chi connectivity index (χ2n) is 16.1. The van der Waals surface area contributed by atoms with E-state index in [0.717, 1.165) is 51.4 Å². The van der Waals surface area contributed by atoms with Crippen LogP contribution in [-0.2, 0) is 14.3 Å². The molecule has 0 aromatic carbocycles. The number of carbonyl (C=O) groups is 2. The zero-order chi connectivity index (χ0) is 39.4. The fourth-order valence-electron chi connectivity index (χ4n) is 7.10. The fraction of sp³-hybridized carbons (Fsp3) is 0.875. The number of carbonyl (C=O) groups excluding carboxylic acids is 2. The van der Waals surface area contributed by atoms with Gasteiger partial charge in [-0.15, -0.1) is 0 Å². The lowest BCUT2D eigenvalue weighted by Crippen LogP contribution is -2.45. The van der Waals surface area contributed by atoms with Crippen LogP contribution in [0.5, 0.6) is 0 Å². The average molecular weight is 762 g/mol. The van der Waals surface area contributed by atoms with Gasteiger partial charge in [0.05, 0.1) is 25.4 Å². The first-order valence-corrected chi connectivity index (χ1v) is 23.6. The van der Waals surface area contributed by atoms with E-state index in [1.807, 2.05) is 6.08 Å². The largest absolute Gasteiger partial charge is 0.466 e. The van der Waals surface area contributed by atoms with E-state index in [4.69, 9.17) is 4.74 Å². The van der Waals surface area contributed by atoms with Crippen molar-refractivity contribution in [2.45, 2.75) is 257 Å². The number of hydrogen-bond acceptors (Lipinski definition) is 5. The molecule has 0 saturated heterocycles. The molecule has 2 atom stereocenters. The van der Waals surface area contributed by atoms with Crippen LogP contribution in [-0.4, -0.2) is 47.4 Å². The molecule has 0 heterocycles. The lowest BCUT2D eigenvalue weighted by molar-refractivity contribution is -0.143. The van der Waals surface area contributed by atoms with E-state index in [2.05, 4.69) is 37.4 Å². The second kappa shape index (κ2) is 44.1. The van der Waals surface area contributed by atoms with Gasteiger partial charge in [0.1, 0.15) is 0 Å². The summed E-state index contributed by atoms with van der Waals surface area (Å²) in [5.74, 6) is -0.134. The van der Waals surface area contributed by atoms with Crippen molar-refractivity contribution in [1.29, 1.82) is 0 Å². The Hall–Kier alpha value is -1.66. The predicted octanol–water partition coefficient (Wildman–Crippen LogP) is 13.6. The van der Waals surface area contributed by atoms with Gasteiger partial charge in [-0.25, -0.2) is 0 Å². The van der Waals surface area contributed by atoms with Crippen molar-refractivity contribution >= 4 is 11.9 Å². The minimum atomic E-state index is -0.696. The Balaban J connectivity index is 3.56. The van der Waals surface area contributed by atoms with Gasteiger partial charge in [0.2, 0.25) is 5.91 Å². The lowest BCUT2D eigenvalue weighted by Gasteiger charge is -2.22. The lowest BCUT2D eigenvalue weighted by atomic mass is 10.0. The predicted molar refractivity (Wildman–Crippen MR) is 232 cm³/mol. The van der Waals surface area contributed by atoms with Crippen molar-refractivity contribution in [2.75, 3.05) is 13.2 Å².